The molecular weight excluding hydrogens is 597 g/mol. The van der Waals surface area contributed by atoms with Crippen LogP contribution >= 0.6 is 7.82 Å². The Morgan fingerprint density at radius 2 is 1.74 bits per heavy atom. The lowest BCUT2D eigenvalue weighted by molar-refractivity contribution is -0.870. The second-order valence-corrected chi connectivity index (χ2v) is 19.0. The van der Waals surface area contributed by atoms with Crippen LogP contribution in [-0.2, 0) is 23.1 Å². The molecule has 4 rings (SSSR count). The van der Waals surface area contributed by atoms with Gasteiger partial charge in [-0.15, -0.1) is 0 Å². The van der Waals surface area contributed by atoms with E-state index >= 15 is 0 Å². The van der Waals surface area contributed by atoms with E-state index in [0.29, 0.717) is 22.9 Å². The number of allylic oxidation sites excluding steroid dienone is 1. The van der Waals surface area contributed by atoms with Crippen LogP contribution in [0.15, 0.2) is 11.6 Å². The summed E-state index contributed by atoms with van der Waals surface area (Å²) in [4.78, 5) is 22.6. The molecule has 0 saturated heterocycles. The fraction of sp³-hybridized carbons (Fsp3) is 0.921. The molecule has 8 heteroatoms. The predicted molar refractivity (Wildman–Crippen MR) is 186 cm³/mol. The molecule has 1 N–H and O–H groups in total. The zero-order chi connectivity index (χ0) is 33.9. The van der Waals surface area contributed by atoms with E-state index in [1.165, 1.54) is 56.9 Å². The van der Waals surface area contributed by atoms with Gasteiger partial charge in [-0.3, -0.25) is 13.8 Å². The Morgan fingerprint density at radius 3 is 2.41 bits per heavy atom. The number of phosphoric ester groups is 1. The Balaban J connectivity index is 1.26. The zero-order valence-corrected chi connectivity index (χ0v) is 31.8. The molecule has 0 bridgehead atoms. The minimum atomic E-state index is -4.11. The molecule has 0 aromatic rings. The summed E-state index contributed by atoms with van der Waals surface area (Å²) in [5, 5.41) is 0. The van der Waals surface area contributed by atoms with Gasteiger partial charge in [-0.2, -0.15) is 0 Å². The minimum absolute atomic E-state index is 0.0128. The van der Waals surface area contributed by atoms with E-state index in [9.17, 15) is 14.3 Å². The van der Waals surface area contributed by atoms with Gasteiger partial charge < -0.3 is 14.1 Å². The van der Waals surface area contributed by atoms with Gasteiger partial charge >= 0.3 is 13.8 Å². The number of rotatable bonds is 16. The Kier molecular flexibility index (Phi) is 12.8. The Bertz CT molecular complexity index is 1100. The highest BCUT2D eigenvalue weighted by Gasteiger charge is 2.59. The van der Waals surface area contributed by atoms with Gasteiger partial charge in [0.25, 0.3) is 0 Å². The highest BCUT2D eigenvalue weighted by molar-refractivity contribution is 7.47. The molecule has 0 heterocycles. The molecule has 10 atom stereocenters. The largest absolute Gasteiger partial charge is 0.472 e. The van der Waals surface area contributed by atoms with Crippen molar-refractivity contribution in [2.24, 2.45) is 52.3 Å². The average Bonchev–Trinajstić information content (AvgIpc) is 3.32. The summed E-state index contributed by atoms with van der Waals surface area (Å²) in [6, 6.07) is 0. The minimum Gasteiger partial charge on any atom is -0.462 e. The summed E-state index contributed by atoms with van der Waals surface area (Å²) in [6.45, 7) is 15.6. The van der Waals surface area contributed by atoms with E-state index in [0.717, 1.165) is 60.7 Å². The molecule has 3 fully saturated rings. The molecule has 266 valence electrons. The quantitative estimate of drug-likeness (QED) is 0.0582. The maximum absolute atomic E-state index is 12.7. The van der Waals surface area contributed by atoms with E-state index in [4.69, 9.17) is 13.8 Å². The van der Waals surface area contributed by atoms with E-state index in [1.54, 1.807) is 0 Å². The summed E-state index contributed by atoms with van der Waals surface area (Å²) in [7, 11) is 1.85. The molecule has 0 aromatic heterocycles. The van der Waals surface area contributed by atoms with Crippen molar-refractivity contribution in [3.63, 3.8) is 0 Å². The molecule has 4 aliphatic carbocycles. The molecule has 0 aromatic carbocycles. The number of hydrogen-bond donors (Lipinski definition) is 1. The van der Waals surface area contributed by atoms with Gasteiger partial charge in [-0.25, -0.2) is 4.57 Å². The highest BCUT2D eigenvalue weighted by atomic mass is 31.2. The summed E-state index contributed by atoms with van der Waals surface area (Å²) in [6.07, 6.45) is 16.7. The molecule has 0 radical (unpaired) electrons. The Morgan fingerprint density at radius 1 is 1.02 bits per heavy atom. The van der Waals surface area contributed by atoms with Crippen LogP contribution in [0.2, 0.25) is 0 Å². The summed E-state index contributed by atoms with van der Waals surface area (Å²) in [5.41, 5.74) is 2.24. The number of fused-ring (bicyclic) bond motifs is 5. The normalized spacial score (nSPS) is 35.4. The molecule has 2 unspecified atom stereocenters. The highest BCUT2D eigenvalue weighted by Crippen LogP contribution is 2.67. The summed E-state index contributed by atoms with van der Waals surface area (Å²) in [5.74, 6) is 5.48. The van der Waals surface area contributed by atoms with Crippen molar-refractivity contribution in [3.05, 3.63) is 11.6 Å². The second-order valence-electron chi connectivity index (χ2n) is 17.6. The summed E-state index contributed by atoms with van der Waals surface area (Å²) >= 11 is 0. The predicted octanol–water partition coefficient (Wildman–Crippen LogP) is 9.20. The standard InChI is InChI=1S/C38H68NO6P/c1-10-29(27(2)3)14-13-28(4)33-17-18-34-32-16-15-30-26-31(19-21-37(30,5)35(32)20-22-38(33,34)6)45-36(40)12-11-24-43-46(41,42)44-25-23-39(7,8)9/h15,27-29,31-35H,10-14,16-26H2,1-9H3/p+1/t28-,29-,31?,32+,33-,34+,35+,37+,38-/m1/s1. The second kappa shape index (κ2) is 15.4. The number of carbonyl (C=O) groups excluding carboxylic acids is 1. The van der Waals surface area contributed by atoms with Crippen molar-refractivity contribution in [2.45, 2.75) is 131 Å². The van der Waals surface area contributed by atoms with Crippen LogP contribution in [0.3, 0.4) is 0 Å². The van der Waals surface area contributed by atoms with Gasteiger partial charge in [-0.1, -0.05) is 66.0 Å². The molecule has 46 heavy (non-hydrogen) atoms. The Hall–Kier alpha value is -0.720. The van der Waals surface area contributed by atoms with Gasteiger partial charge in [-0.05, 0) is 110 Å². The first-order valence-electron chi connectivity index (χ1n) is 18.8. The van der Waals surface area contributed by atoms with Crippen molar-refractivity contribution >= 4 is 13.8 Å². The molecule has 0 spiro atoms. The Labute approximate surface area is 281 Å². The van der Waals surface area contributed by atoms with Gasteiger partial charge in [0.15, 0.2) is 0 Å². The molecule has 7 nitrogen and oxygen atoms in total. The number of ether oxygens (including phenoxy) is 1. The number of esters is 1. The third-order valence-corrected chi connectivity index (χ3v) is 14.4. The van der Waals surface area contributed by atoms with Gasteiger partial charge in [0.1, 0.15) is 19.3 Å². The van der Waals surface area contributed by atoms with Crippen LogP contribution in [0.1, 0.15) is 125 Å². The zero-order valence-electron chi connectivity index (χ0n) is 30.9. The lowest BCUT2D eigenvalue weighted by Gasteiger charge is -2.58. The van der Waals surface area contributed by atoms with Crippen LogP contribution in [0.4, 0.5) is 0 Å². The van der Waals surface area contributed by atoms with Crippen LogP contribution < -0.4 is 0 Å². The first-order chi connectivity index (χ1) is 21.5. The number of hydrogen-bond acceptors (Lipinski definition) is 5. The lowest BCUT2D eigenvalue weighted by atomic mass is 9.47. The first kappa shape index (κ1) is 38.1. The van der Waals surface area contributed by atoms with Crippen LogP contribution in [0.25, 0.3) is 0 Å². The van der Waals surface area contributed by atoms with Crippen molar-refractivity contribution in [1.82, 2.24) is 0 Å². The smallest absolute Gasteiger partial charge is 0.462 e. The maximum atomic E-state index is 12.7. The van der Waals surface area contributed by atoms with Crippen molar-refractivity contribution in [1.29, 1.82) is 0 Å². The van der Waals surface area contributed by atoms with E-state index < -0.39 is 7.82 Å². The topological polar surface area (TPSA) is 82.1 Å². The molecule has 0 amide bonds. The summed E-state index contributed by atoms with van der Waals surface area (Å²) < 4.78 is 28.8. The third kappa shape index (κ3) is 9.09. The monoisotopic (exact) mass is 666 g/mol. The average molecular weight is 667 g/mol. The molecule has 3 saturated carbocycles. The molecule has 0 aliphatic heterocycles. The van der Waals surface area contributed by atoms with Crippen LogP contribution in [0.5, 0.6) is 0 Å². The first-order valence-corrected chi connectivity index (χ1v) is 20.3. The van der Waals surface area contributed by atoms with Crippen molar-refractivity contribution in [2.75, 3.05) is 40.9 Å². The number of quaternary nitrogens is 1. The van der Waals surface area contributed by atoms with Gasteiger partial charge in [0, 0.05) is 12.8 Å². The number of phosphoric acid groups is 1. The molecule has 4 aliphatic rings. The number of carbonyl (C=O) groups is 1. The van der Waals surface area contributed by atoms with Crippen molar-refractivity contribution in [3.8, 4) is 0 Å². The fourth-order valence-corrected chi connectivity index (χ4v) is 11.2. The van der Waals surface area contributed by atoms with Crippen LogP contribution in [0, 0.1) is 52.3 Å². The van der Waals surface area contributed by atoms with E-state index in [2.05, 4.69) is 47.6 Å². The SMILES string of the molecule is CC[C@H](CC[C@@H](C)[C@H]1CC[C@H]2[C@@H]3CC=C4CC(OC(=O)CCCOP(=O)(O)OCC[N+](C)(C)C)CC[C@]4(C)[C@H]3CC[C@]12C)C(C)C. The van der Waals surface area contributed by atoms with Crippen LogP contribution in [-0.4, -0.2) is 62.4 Å². The van der Waals surface area contributed by atoms with Crippen molar-refractivity contribution < 1.29 is 32.5 Å². The maximum Gasteiger partial charge on any atom is 0.472 e. The number of likely N-dealkylation sites (N-methyl/N-ethyl adjacent to an activating group) is 1. The van der Waals surface area contributed by atoms with Gasteiger partial charge in [0.05, 0.1) is 27.7 Å². The fourth-order valence-electron chi connectivity index (χ4n) is 10.5. The third-order valence-electron chi connectivity index (χ3n) is 13.4. The van der Waals surface area contributed by atoms with Gasteiger partial charge in [0.2, 0.25) is 0 Å². The number of nitrogens with zero attached hydrogens (tertiary/aromatic N) is 1. The van der Waals surface area contributed by atoms with E-state index in [-0.39, 0.29) is 37.1 Å². The molecular formula is C38H69NO6P+. The van der Waals surface area contributed by atoms with E-state index in [1.807, 2.05) is 21.1 Å². The lowest BCUT2D eigenvalue weighted by Crippen LogP contribution is -2.51.